The van der Waals surface area contributed by atoms with Crippen LogP contribution in [0.15, 0.2) is 0 Å². The van der Waals surface area contributed by atoms with E-state index in [-0.39, 0.29) is 18.0 Å². The number of nitrogens with one attached hydrogen (secondary N) is 2. The Kier molecular flexibility index (Phi) is 3.96. The lowest BCUT2D eigenvalue weighted by Crippen LogP contribution is -2.48. The lowest BCUT2D eigenvalue weighted by Gasteiger charge is -2.24. The van der Waals surface area contributed by atoms with Crippen molar-refractivity contribution < 1.29 is 14.7 Å². The molecule has 5 heteroatoms. The van der Waals surface area contributed by atoms with Gasteiger partial charge in [-0.2, -0.15) is 0 Å². The Hall–Kier alpha value is -1.10. The Labute approximate surface area is 119 Å². The number of fused-ring (bicyclic) bond motifs is 1. The number of hydrogen-bond donors (Lipinski definition) is 3. The molecule has 3 aliphatic rings. The van der Waals surface area contributed by atoms with Gasteiger partial charge in [0.05, 0.1) is 12.0 Å². The van der Waals surface area contributed by atoms with E-state index in [4.69, 9.17) is 5.11 Å². The van der Waals surface area contributed by atoms with Crippen LogP contribution in [0.1, 0.15) is 51.4 Å². The molecule has 0 aromatic carbocycles. The second kappa shape index (κ2) is 5.72. The summed E-state index contributed by atoms with van der Waals surface area (Å²) in [4.78, 5) is 23.5. The number of carbonyl (C=O) groups excluding carboxylic acids is 1. The number of hydrogen-bond acceptors (Lipinski definition) is 3. The van der Waals surface area contributed by atoms with E-state index in [9.17, 15) is 9.59 Å². The standard InChI is InChI=1S/C15H24N2O3/c18-14(17-12-7-3-5-10(12)15(19)20)13-8-9-4-1-2-6-11(9)16-13/h9-13,16H,1-8H2,(H,17,18)(H,19,20). The number of rotatable bonds is 3. The molecule has 2 aliphatic carbocycles. The average molecular weight is 280 g/mol. The van der Waals surface area contributed by atoms with Crippen molar-refractivity contribution in [2.75, 3.05) is 0 Å². The van der Waals surface area contributed by atoms with Crippen LogP contribution in [-0.4, -0.2) is 35.1 Å². The van der Waals surface area contributed by atoms with Crippen LogP contribution in [0.25, 0.3) is 0 Å². The van der Waals surface area contributed by atoms with E-state index in [1.165, 1.54) is 25.7 Å². The van der Waals surface area contributed by atoms with Gasteiger partial charge in [0, 0.05) is 12.1 Å². The molecule has 0 bridgehead atoms. The van der Waals surface area contributed by atoms with Crippen LogP contribution in [0, 0.1) is 11.8 Å². The number of aliphatic carboxylic acids is 1. The fourth-order valence-electron chi connectivity index (χ4n) is 4.23. The maximum atomic E-state index is 12.3. The van der Waals surface area contributed by atoms with Gasteiger partial charge in [-0.05, 0) is 38.0 Å². The first-order valence-electron chi connectivity index (χ1n) is 7.94. The molecule has 2 saturated carbocycles. The highest BCUT2D eigenvalue weighted by molar-refractivity contribution is 5.83. The van der Waals surface area contributed by atoms with Gasteiger partial charge < -0.3 is 15.7 Å². The van der Waals surface area contributed by atoms with Crippen molar-refractivity contribution in [2.45, 2.75) is 69.5 Å². The third-order valence-electron chi connectivity index (χ3n) is 5.34. The summed E-state index contributed by atoms with van der Waals surface area (Å²) in [6, 6.07) is 0.209. The summed E-state index contributed by atoms with van der Waals surface area (Å²) < 4.78 is 0. The molecule has 0 aromatic rings. The van der Waals surface area contributed by atoms with Crippen molar-refractivity contribution >= 4 is 11.9 Å². The second-order valence-electron chi connectivity index (χ2n) is 6.60. The molecule has 3 fully saturated rings. The minimum Gasteiger partial charge on any atom is -0.481 e. The van der Waals surface area contributed by atoms with E-state index in [1.54, 1.807) is 0 Å². The minimum atomic E-state index is -0.777. The summed E-state index contributed by atoms with van der Waals surface area (Å²) in [5.41, 5.74) is 0. The average Bonchev–Trinajstić information content (AvgIpc) is 3.03. The maximum Gasteiger partial charge on any atom is 0.308 e. The topological polar surface area (TPSA) is 78.4 Å². The van der Waals surface area contributed by atoms with Gasteiger partial charge in [-0.15, -0.1) is 0 Å². The Balaban J connectivity index is 1.56. The van der Waals surface area contributed by atoms with Gasteiger partial charge in [0.25, 0.3) is 0 Å². The molecular formula is C15H24N2O3. The third-order valence-corrected chi connectivity index (χ3v) is 5.34. The molecule has 20 heavy (non-hydrogen) atoms. The van der Waals surface area contributed by atoms with Crippen LogP contribution >= 0.6 is 0 Å². The highest BCUT2D eigenvalue weighted by atomic mass is 16.4. The highest BCUT2D eigenvalue weighted by Gasteiger charge is 2.40. The SMILES string of the molecule is O=C(NC1CCCC1C(=O)O)C1CC2CCCCC2N1. The molecule has 5 unspecified atom stereocenters. The smallest absolute Gasteiger partial charge is 0.308 e. The fraction of sp³-hybridized carbons (Fsp3) is 0.867. The van der Waals surface area contributed by atoms with Gasteiger partial charge in [0.2, 0.25) is 5.91 Å². The van der Waals surface area contributed by atoms with Crippen LogP contribution in [0.4, 0.5) is 0 Å². The summed E-state index contributed by atoms with van der Waals surface area (Å²) in [6.45, 7) is 0. The van der Waals surface area contributed by atoms with Crippen molar-refractivity contribution in [2.24, 2.45) is 11.8 Å². The quantitative estimate of drug-likeness (QED) is 0.727. The number of carboxylic acid groups (broad SMARTS) is 1. The summed E-state index contributed by atoms with van der Waals surface area (Å²) in [5, 5.41) is 15.6. The first-order chi connectivity index (χ1) is 9.65. The van der Waals surface area contributed by atoms with Crippen molar-refractivity contribution in [3.05, 3.63) is 0 Å². The molecule has 1 amide bonds. The molecule has 112 valence electrons. The number of carboxylic acids is 1. The first-order valence-corrected chi connectivity index (χ1v) is 7.94. The summed E-state index contributed by atoms with van der Waals surface area (Å²) in [5.74, 6) is -0.528. The van der Waals surface area contributed by atoms with Crippen LogP contribution in [0.3, 0.4) is 0 Å². The van der Waals surface area contributed by atoms with E-state index < -0.39 is 11.9 Å². The lowest BCUT2D eigenvalue weighted by molar-refractivity contribution is -0.142. The third kappa shape index (κ3) is 2.68. The molecule has 5 atom stereocenters. The zero-order chi connectivity index (χ0) is 14.1. The molecule has 0 spiro atoms. The Morgan fingerprint density at radius 3 is 2.60 bits per heavy atom. The van der Waals surface area contributed by atoms with E-state index in [0.29, 0.717) is 18.4 Å². The number of amides is 1. The van der Waals surface area contributed by atoms with Crippen LogP contribution < -0.4 is 10.6 Å². The summed E-state index contributed by atoms with van der Waals surface area (Å²) in [7, 11) is 0. The molecule has 0 aromatic heterocycles. The van der Waals surface area contributed by atoms with E-state index in [0.717, 1.165) is 19.3 Å². The van der Waals surface area contributed by atoms with Crippen LogP contribution in [-0.2, 0) is 9.59 Å². The predicted octanol–water partition coefficient (Wildman–Crippen LogP) is 1.28. The Morgan fingerprint density at radius 1 is 1.05 bits per heavy atom. The molecule has 5 nitrogen and oxygen atoms in total. The van der Waals surface area contributed by atoms with Crippen molar-refractivity contribution in [3.63, 3.8) is 0 Å². The van der Waals surface area contributed by atoms with Gasteiger partial charge in [-0.25, -0.2) is 0 Å². The Bertz CT molecular complexity index is 385. The maximum absolute atomic E-state index is 12.3. The van der Waals surface area contributed by atoms with Gasteiger partial charge in [-0.3, -0.25) is 9.59 Å². The zero-order valence-corrected chi connectivity index (χ0v) is 11.8. The van der Waals surface area contributed by atoms with E-state index in [1.807, 2.05) is 0 Å². The summed E-state index contributed by atoms with van der Waals surface area (Å²) in [6.07, 6.45) is 8.23. The predicted molar refractivity (Wildman–Crippen MR) is 74.2 cm³/mol. The largest absolute Gasteiger partial charge is 0.481 e. The van der Waals surface area contributed by atoms with E-state index in [2.05, 4.69) is 10.6 Å². The van der Waals surface area contributed by atoms with Crippen LogP contribution in [0.5, 0.6) is 0 Å². The molecule has 0 radical (unpaired) electrons. The molecule has 3 N–H and O–H groups in total. The molecule has 3 rings (SSSR count). The number of carbonyl (C=O) groups is 2. The second-order valence-corrected chi connectivity index (χ2v) is 6.60. The molecule has 1 heterocycles. The molecule has 1 saturated heterocycles. The van der Waals surface area contributed by atoms with Gasteiger partial charge in [0.15, 0.2) is 0 Å². The summed E-state index contributed by atoms with van der Waals surface area (Å²) >= 11 is 0. The van der Waals surface area contributed by atoms with E-state index >= 15 is 0 Å². The normalized spacial score (nSPS) is 40.3. The first kappa shape index (κ1) is 13.9. The van der Waals surface area contributed by atoms with Gasteiger partial charge in [-0.1, -0.05) is 19.3 Å². The van der Waals surface area contributed by atoms with Crippen molar-refractivity contribution in [1.29, 1.82) is 0 Å². The van der Waals surface area contributed by atoms with Crippen molar-refractivity contribution in [1.82, 2.24) is 10.6 Å². The van der Waals surface area contributed by atoms with Crippen LogP contribution in [0.2, 0.25) is 0 Å². The molecular weight excluding hydrogens is 256 g/mol. The minimum absolute atomic E-state index is 0.0116. The zero-order valence-electron chi connectivity index (χ0n) is 11.8. The molecule has 1 aliphatic heterocycles. The monoisotopic (exact) mass is 280 g/mol. The fourth-order valence-corrected chi connectivity index (χ4v) is 4.23. The van der Waals surface area contributed by atoms with Gasteiger partial charge in [0.1, 0.15) is 0 Å². The van der Waals surface area contributed by atoms with Gasteiger partial charge >= 0.3 is 5.97 Å². The van der Waals surface area contributed by atoms with Crippen molar-refractivity contribution in [3.8, 4) is 0 Å². The highest BCUT2D eigenvalue weighted by Crippen LogP contribution is 2.33. The Morgan fingerprint density at radius 2 is 1.85 bits per heavy atom. The lowest BCUT2D eigenvalue weighted by atomic mass is 9.85.